The Kier molecular flexibility index (Phi) is 4.22. The number of nitrogens with one attached hydrogen (secondary N) is 1. The highest BCUT2D eigenvalue weighted by atomic mass is 32.2. The Balaban J connectivity index is 1.73. The Morgan fingerprint density at radius 3 is 2.15 bits per heavy atom. The molecule has 1 aliphatic rings. The average Bonchev–Trinajstić information content (AvgIpc) is 3.37. The van der Waals surface area contributed by atoms with Crippen LogP contribution in [0.5, 0.6) is 0 Å². The molecule has 1 amide bonds. The van der Waals surface area contributed by atoms with Crippen molar-refractivity contribution >= 4 is 15.9 Å². The van der Waals surface area contributed by atoms with E-state index < -0.39 is 27.8 Å². The van der Waals surface area contributed by atoms with E-state index in [1.54, 1.807) is 0 Å². The molecular formula is C14H10F3N5O3S. The van der Waals surface area contributed by atoms with Crippen LogP contribution in [0.1, 0.15) is 11.1 Å². The van der Waals surface area contributed by atoms with E-state index in [4.69, 9.17) is 0 Å². The third-order valence-electron chi connectivity index (χ3n) is 3.49. The fourth-order valence-electron chi connectivity index (χ4n) is 2.16. The molecular weight excluding hydrogens is 375 g/mol. The van der Waals surface area contributed by atoms with Crippen LogP contribution in [0.4, 0.5) is 13.2 Å². The maximum absolute atomic E-state index is 12.9. The quantitative estimate of drug-likeness (QED) is 0.842. The second-order valence-corrected chi connectivity index (χ2v) is 7.03. The first-order valence-corrected chi connectivity index (χ1v) is 8.53. The zero-order valence-electron chi connectivity index (χ0n) is 12.8. The van der Waals surface area contributed by atoms with Gasteiger partial charge in [0.25, 0.3) is 10.0 Å². The number of sulfonamides is 1. The summed E-state index contributed by atoms with van der Waals surface area (Å²) in [6.07, 6.45) is -1.02. The number of halogens is 3. The van der Waals surface area contributed by atoms with E-state index in [0.717, 1.165) is 24.3 Å². The van der Waals surface area contributed by atoms with E-state index in [0.29, 0.717) is 5.56 Å². The minimum absolute atomic E-state index is 0.271. The van der Waals surface area contributed by atoms with Gasteiger partial charge in [0.1, 0.15) is 6.33 Å². The molecule has 0 saturated heterocycles. The number of carbonyl (C=O) groups is 1. The second kappa shape index (κ2) is 6.12. The zero-order chi connectivity index (χ0) is 19.0. The highest BCUT2D eigenvalue weighted by Crippen LogP contribution is 2.52. The monoisotopic (exact) mass is 385 g/mol. The summed E-state index contributed by atoms with van der Waals surface area (Å²) in [5, 5.41) is 6.06. The summed E-state index contributed by atoms with van der Waals surface area (Å²) in [6, 6.07) is 3.82. The summed E-state index contributed by atoms with van der Waals surface area (Å²) < 4.78 is 64.9. The van der Waals surface area contributed by atoms with Crippen LogP contribution in [0.3, 0.4) is 0 Å². The molecule has 1 aromatic heterocycles. The van der Waals surface area contributed by atoms with Gasteiger partial charge in [0.2, 0.25) is 5.91 Å². The standard InChI is InChI=1S/C14H10F3N5O3S/c15-14(16,17)13(21-22-13)10-1-3-11(4-2-10)26(24,25)20-12(23)5-9-6-18-8-19-7-9/h1-4,6-8H,5H2,(H,20,23). The van der Waals surface area contributed by atoms with Crippen molar-refractivity contribution in [3.63, 3.8) is 0 Å². The predicted octanol–water partition coefficient (Wildman–Crippen LogP) is 1.71. The smallest absolute Gasteiger partial charge is 0.274 e. The topological polar surface area (TPSA) is 114 Å². The molecule has 136 valence electrons. The van der Waals surface area contributed by atoms with Crippen LogP contribution >= 0.6 is 0 Å². The van der Waals surface area contributed by atoms with Gasteiger partial charge in [-0.25, -0.2) is 23.1 Å². The molecule has 2 aromatic rings. The average molecular weight is 385 g/mol. The van der Waals surface area contributed by atoms with Gasteiger partial charge in [-0.15, -0.1) is 10.2 Å². The lowest BCUT2D eigenvalue weighted by atomic mass is 10.0. The van der Waals surface area contributed by atoms with Crippen molar-refractivity contribution < 1.29 is 26.4 Å². The molecule has 26 heavy (non-hydrogen) atoms. The molecule has 8 nitrogen and oxygen atoms in total. The van der Waals surface area contributed by atoms with Crippen LogP contribution in [0.25, 0.3) is 0 Å². The van der Waals surface area contributed by atoms with E-state index in [-0.39, 0.29) is 16.9 Å². The van der Waals surface area contributed by atoms with Crippen molar-refractivity contribution in [2.75, 3.05) is 0 Å². The van der Waals surface area contributed by atoms with E-state index in [1.165, 1.54) is 18.7 Å². The molecule has 1 aliphatic heterocycles. The highest BCUT2D eigenvalue weighted by molar-refractivity contribution is 7.90. The largest absolute Gasteiger partial charge is 0.442 e. The SMILES string of the molecule is O=C(Cc1cncnc1)NS(=O)(=O)c1ccc(C2(C(F)(F)F)N=N2)cc1. The molecule has 3 rings (SSSR count). The molecule has 0 bridgehead atoms. The molecule has 0 aliphatic carbocycles. The van der Waals surface area contributed by atoms with Gasteiger partial charge in [-0.3, -0.25) is 4.79 Å². The van der Waals surface area contributed by atoms with Crippen molar-refractivity contribution in [1.29, 1.82) is 0 Å². The number of hydrogen-bond acceptors (Lipinski definition) is 7. The molecule has 0 saturated carbocycles. The lowest BCUT2D eigenvalue weighted by Crippen LogP contribution is -2.32. The molecule has 0 fully saturated rings. The molecule has 12 heteroatoms. The highest BCUT2D eigenvalue weighted by Gasteiger charge is 2.65. The van der Waals surface area contributed by atoms with Gasteiger partial charge in [0, 0.05) is 18.0 Å². The number of benzene rings is 1. The first-order valence-electron chi connectivity index (χ1n) is 7.05. The molecule has 2 heterocycles. The van der Waals surface area contributed by atoms with Crippen molar-refractivity contribution in [2.24, 2.45) is 10.2 Å². The first kappa shape index (κ1) is 17.9. The summed E-state index contributed by atoms with van der Waals surface area (Å²) in [4.78, 5) is 18.9. The van der Waals surface area contributed by atoms with Gasteiger partial charge in [-0.2, -0.15) is 13.2 Å². The minimum Gasteiger partial charge on any atom is -0.274 e. The summed E-state index contributed by atoms with van der Waals surface area (Å²) in [5.41, 5.74) is -2.54. The van der Waals surface area contributed by atoms with E-state index in [2.05, 4.69) is 20.2 Å². The molecule has 0 atom stereocenters. The van der Waals surface area contributed by atoms with Crippen LogP contribution in [0, 0.1) is 0 Å². The van der Waals surface area contributed by atoms with Gasteiger partial charge in [0.15, 0.2) is 0 Å². The van der Waals surface area contributed by atoms with Crippen LogP contribution in [-0.4, -0.2) is 30.5 Å². The van der Waals surface area contributed by atoms with E-state index >= 15 is 0 Å². The van der Waals surface area contributed by atoms with Crippen LogP contribution in [-0.2, 0) is 26.9 Å². The van der Waals surface area contributed by atoms with Crippen molar-refractivity contribution in [1.82, 2.24) is 14.7 Å². The summed E-state index contributed by atoms with van der Waals surface area (Å²) in [6.45, 7) is 0. The fraction of sp³-hybridized carbons (Fsp3) is 0.214. The Hall–Kier alpha value is -2.89. The Morgan fingerprint density at radius 1 is 1.08 bits per heavy atom. The predicted molar refractivity (Wildman–Crippen MR) is 80.1 cm³/mol. The second-order valence-electron chi connectivity index (χ2n) is 5.35. The first-order chi connectivity index (χ1) is 12.1. The molecule has 0 unspecified atom stereocenters. The molecule has 0 spiro atoms. The minimum atomic E-state index is -4.71. The number of aromatic nitrogens is 2. The zero-order valence-corrected chi connectivity index (χ0v) is 13.6. The summed E-state index contributed by atoms with van der Waals surface area (Å²) in [7, 11) is -4.24. The number of nitrogens with zero attached hydrogens (tertiary/aromatic N) is 4. The molecule has 0 radical (unpaired) electrons. The Morgan fingerprint density at radius 2 is 1.65 bits per heavy atom. The summed E-state index contributed by atoms with van der Waals surface area (Å²) >= 11 is 0. The maximum atomic E-state index is 12.9. The lowest BCUT2D eigenvalue weighted by molar-refractivity contribution is -0.166. The van der Waals surface area contributed by atoms with Gasteiger partial charge in [-0.05, 0) is 17.7 Å². The van der Waals surface area contributed by atoms with Crippen molar-refractivity contribution in [2.45, 2.75) is 23.2 Å². The van der Waals surface area contributed by atoms with Crippen LogP contribution in [0.15, 0.2) is 58.1 Å². The van der Waals surface area contributed by atoms with Crippen molar-refractivity contribution in [3.05, 3.63) is 54.1 Å². The number of hydrogen-bond donors (Lipinski definition) is 1. The number of alkyl halides is 3. The Labute approximate surface area is 145 Å². The number of amides is 1. The fourth-order valence-corrected chi connectivity index (χ4v) is 3.14. The molecule has 1 N–H and O–H groups in total. The number of rotatable bonds is 5. The van der Waals surface area contributed by atoms with Gasteiger partial charge < -0.3 is 0 Å². The van der Waals surface area contributed by atoms with Gasteiger partial charge >= 0.3 is 11.8 Å². The third kappa shape index (κ3) is 3.40. The van der Waals surface area contributed by atoms with Crippen molar-refractivity contribution in [3.8, 4) is 0 Å². The number of carbonyl (C=O) groups excluding carboxylic acids is 1. The lowest BCUT2D eigenvalue weighted by Gasteiger charge is -2.15. The van der Waals surface area contributed by atoms with Crippen LogP contribution < -0.4 is 4.72 Å². The Bertz CT molecular complexity index is 954. The summed E-state index contributed by atoms with van der Waals surface area (Å²) in [5.74, 6) is -0.831. The van der Waals surface area contributed by atoms with Crippen LogP contribution in [0.2, 0.25) is 0 Å². The van der Waals surface area contributed by atoms with E-state index in [1.807, 2.05) is 4.72 Å². The maximum Gasteiger partial charge on any atom is 0.442 e. The van der Waals surface area contributed by atoms with Gasteiger partial charge in [0.05, 0.1) is 11.3 Å². The normalized spacial score (nSPS) is 15.5. The third-order valence-corrected chi connectivity index (χ3v) is 4.88. The van der Waals surface area contributed by atoms with Gasteiger partial charge in [-0.1, -0.05) is 12.1 Å². The molecule has 1 aromatic carbocycles. The van der Waals surface area contributed by atoms with E-state index in [9.17, 15) is 26.4 Å².